The number of nitrogens with zero attached hydrogens (tertiary/aromatic N) is 1. The van der Waals surface area contributed by atoms with Crippen molar-refractivity contribution >= 4 is 5.91 Å². The van der Waals surface area contributed by atoms with E-state index in [9.17, 15) is 9.90 Å². The largest absolute Gasteiger partial charge is 0.489 e. The number of benzene rings is 2. The summed E-state index contributed by atoms with van der Waals surface area (Å²) >= 11 is 0. The maximum atomic E-state index is 12.7. The summed E-state index contributed by atoms with van der Waals surface area (Å²) in [6, 6.07) is 17.6. The van der Waals surface area contributed by atoms with E-state index in [1.54, 1.807) is 0 Å². The van der Waals surface area contributed by atoms with Crippen LogP contribution in [0.3, 0.4) is 0 Å². The first kappa shape index (κ1) is 19.4. The molecule has 0 bridgehead atoms. The summed E-state index contributed by atoms with van der Waals surface area (Å²) in [5.74, 6) is 0.878. The van der Waals surface area contributed by atoms with Crippen LogP contribution >= 0.6 is 0 Å². The molecule has 2 aromatic rings. The van der Waals surface area contributed by atoms with E-state index in [1.807, 2.05) is 59.5 Å². The maximum Gasteiger partial charge on any atom is 0.227 e. The number of rotatable bonds is 7. The van der Waals surface area contributed by atoms with Gasteiger partial charge in [-0.05, 0) is 30.4 Å². The summed E-state index contributed by atoms with van der Waals surface area (Å²) < 4.78 is 5.94. The lowest BCUT2D eigenvalue weighted by Crippen LogP contribution is -2.42. The van der Waals surface area contributed by atoms with E-state index in [2.05, 4.69) is 0 Å². The average Bonchev–Trinajstić information content (AvgIpc) is 2.73. The summed E-state index contributed by atoms with van der Waals surface area (Å²) in [6.07, 6.45) is 1.06. The van der Waals surface area contributed by atoms with Crippen LogP contribution < -0.4 is 4.74 Å². The van der Waals surface area contributed by atoms with Crippen LogP contribution in [-0.4, -0.2) is 46.8 Å². The van der Waals surface area contributed by atoms with Gasteiger partial charge in [-0.25, -0.2) is 0 Å². The lowest BCUT2D eigenvalue weighted by atomic mass is 9.91. The van der Waals surface area contributed by atoms with Gasteiger partial charge >= 0.3 is 0 Å². The molecule has 0 aromatic heterocycles. The average molecular weight is 369 g/mol. The molecule has 144 valence electrons. The van der Waals surface area contributed by atoms with Crippen molar-refractivity contribution in [2.45, 2.75) is 32.0 Å². The third-order valence-electron chi connectivity index (χ3n) is 5.17. The minimum absolute atomic E-state index is 0.0699. The number of hydrogen-bond donors (Lipinski definition) is 2. The number of ether oxygens (including phenoxy) is 1. The van der Waals surface area contributed by atoms with Gasteiger partial charge in [-0.2, -0.15) is 0 Å². The molecule has 5 heteroatoms. The van der Waals surface area contributed by atoms with Crippen LogP contribution in [0.2, 0.25) is 0 Å². The molecule has 1 saturated heterocycles. The maximum absolute atomic E-state index is 12.7. The van der Waals surface area contributed by atoms with Gasteiger partial charge in [0, 0.05) is 18.7 Å². The molecule has 1 atom stereocenters. The topological polar surface area (TPSA) is 70.0 Å². The van der Waals surface area contributed by atoms with Crippen molar-refractivity contribution in [3.05, 3.63) is 65.7 Å². The normalized spacial score (nSPS) is 16.1. The summed E-state index contributed by atoms with van der Waals surface area (Å²) in [7, 11) is 0. The lowest BCUT2D eigenvalue weighted by molar-refractivity contribution is -0.132. The van der Waals surface area contributed by atoms with Gasteiger partial charge in [-0.15, -0.1) is 0 Å². The molecule has 2 aromatic carbocycles. The SMILES string of the molecule is O=C(Cc1ccccc1OCc1ccccc1)N1CCC(C(O)CO)CC1. The van der Waals surface area contributed by atoms with Gasteiger partial charge < -0.3 is 19.8 Å². The molecule has 1 aliphatic rings. The van der Waals surface area contributed by atoms with Crippen molar-refractivity contribution in [1.29, 1.82) is 0 Å². The van der Waals surface area contributed by atoms with E-state index in [1.165, 1.54) is 0 Å². The zero-order chi connectivity index (χ0) is 19.1. The van der Waals surface area contributed by atoms with Crippen LogP contribution in [0.25, 0.3) is 0 Å². The first-order chi connectivity index (χ1) is 13.2. The Morgan fingerprint density at radius 3 is 2.44 bits per heavy atom. The quantitative estimate of drug-likeness (QED) is 0.786. The van der Waals surface area contributed by atoms with Gasteiger partial charge in [0.05, 0.1) is 19.1 Å². The highest BCUT2D eigenvalue weighted by Crippen LogP contribution is 2.24. The monoisotopic (exact) mass is 369 g/mol. The molecule has 1 heterocycles. The van der Waals surface area contributed by atoms with Gasteiger partial charge in [0.2, 0.25) is 5.91 Å². The molecular weight excluding hydrogens is 342 g/mol. The van der Waals surface area contributed by atoms with Crippen LogP contribution in [-0.2, 0) is 17.8 Å². The van der Waals surface area contributed by atoms with Crippen LogP contribution in [0.5, 0.6) is 5.75 Å². The van der Waals surface area contributed by atoms with Crippen molar-refractivity contribution in [1.82, 2.24) is 4.90 Å². The van der Waals surface area contributed by atoms with Crippen LogP contribution in [0.1, 0.15) is 24.0 Å². The number of carbonyl (C=O) groups is 1. The summed E-state index contributed by atoms with van der Waals surface area (Å²) in [6.45, 7) is 1.49. The van der Waals surface area contributed by atoms with Gasteiger partial charge in [0.25, 0.3) is 0 Å². The Kier molecular flexibility index (Phi) is 6.85. The molecule has 3 rings (SSSR count). The molecule has 0 saturated carbocycles. The summed E-state index contributed by atoms with van der Waals surface area (Å²) in [5.41, 5.74) is 1.97. The van der Waals surface area contributed by atoms with Crippen molar-refractivity contribution in [2.24, 2.45) is 5.92 Å². The molecule has 5 nitrogen and oxygen atoms in total. The van der Waals surface area contributed by atoms with E-state index in [0.717, 1.165) is 29.7 Å². The lowest BCUT2D eigenvalue weighted by Gasteiger charge is -2.34. The second-order valence-electron chi connectivity index (χ2n) is 7.03. The molecule has 27 heavy (non-hydrogen) atoms. The van der Waals surface area contributed by atoms with Crippen molar-refractivity contribution < 1.29 is 19.7 Å². The summed E-state index contributed by atoms with van der Waals surface area (Å²) in [4.78, 5) is 14.5. The second-order valence-corrected chi connectivity index (χ2v) is 7.03. The molecule has 1 amide bonds. The highest BCUT2D eigenvalue weighted by Gasteiger charge is 2.27. The number of carbonyl (C=O) groups excluding carboxylic acids is 1. The number of amides is 1. The van der Waals surface area contributed by atoms with Crippen LogP contribution in [0.4, 0.5) is 0 Å². The third kappa shape index (κ3) is 5.31. The number of hydrogen-bond acceptors (Lipinski definition) is 4. The van der Waals surface area contributed by atoms with Gasteiger partial charge in [0.15, 0.2) is 0 Å². The van der Waals surface area contributed by atoms with E-state index < -0.39 is 6.10 Å². The Morgan fingerprint density at radius 2 is 1.74 bits per heavy atom. The standard InChI is InChI=1S/C22H27NO4/c24-15-20(25)18-10-12-23(13-11-18)22(26)14-19-8-4-5-9-21(19)27-16-17-6-2-1-3-7-17/h1-9,18,20,24-25H,10-16H2. The third-order valence-corrected chi connectivity index (χ3v) is 5.17. The zero-order valence-corrected chi connectivity index (χ0v) is 15.5. The second kappa shape index (κ2) is 9.53. The number of para-hydroxylation sites is 1. The minimum Gasteiger partial charge on any atom is -0.489 e. The Balaban J connectivity index is 1.57. The molecule has 2 N–H and O–H groups in total. The van der Waals surface area contributed by atoms with Gasteiger partial charge in [-0.3, -0.25) is 4.79 Å². The molecule has 1 fully saturated rings. The van der Waals surface area contributed by atoms with Crippen molar-refractivity contribution in [2.75, 3.05) is 19.7 Å². The molecular formula is C22H27NO4. The first-order valence-electron chi connectivity index (χ1n) is 9.48. The Hall–Kier alpha value is -2.37. The fraction of sp³-hybridized carbons (Fsp3) is 0.409. The number of likely N-dealkylation sites (tertiary alicyclic amines) is 1. The highest BCUT2D eigenvalue weighted by atomic mass is 16.5. The first-order valence-corrected chi connectivity index (χ1v) is 9.48. The molecule has 1 aliphatic heterocycles. The van der Waals surface area contributed by atoms with Gasteiger partial charge in [-0.1, -0.05) is 48.5 Å². The fourth-order valence-electron chi connectivity index (χ4n) is 3.48. The Bertz CT molecular complexity index is 726. The van der Waals surface area contributed by atoms with E-state index in [-0.39, 0.29) is 18.4 Å². The Morgan fingerprint density at radius 1 is 1.07 bits per heavy atom. The van der Waals surface area contributed by atoms with Crippen molar-refractivity contribution in [3.63, 3.8) is 0 Å². The molecule has 1 unspecified atom stereocenters. The van der Waals surface area contributed by atoms with E-state index >= 15 is 0 Å². The number of aliphatic hydroxyl groups excluding tert-OH is 2. The number of piperidine rings is 1. The Labute approximate surface area is 160 Å². The van der Waals surface area contributed by atoms with E-state index in [0.29, 0.717) is 26.1 Å². The van der Waals surface area contributed by atoms with E-state index in [4.69, 9.17) is 9.84 Å². The smallest absolute Gasteiger partial charge is 0.227 e. The zero-order valence-electron chi connectivity index (χ0n) is 15.5. The highest BCUT2D eigenvalue weighted by molar-refractivity contribution is 5.79. The fourth-order valence-corrected chi connectivity index (χ4v) is 3.48. The van der Waals surface area contributed by atoms with Crippen LogP contribution in [0, 0.1) is 5.92 Å². The summed E-state index contributed by atoms with van der Waals surface area (Å²) in [5, 5.41) is 18.8. The van der Waals surface area contributed by atoms with Crippen molar-refractivity contribution in [3.8, 4) is 5.75 Å². The van der Waals surface area contributed by atoms with Gasteiger partial charge in [0.1, 0.15) is 12.4 Å². The predicted molar refractivity (Wildman–Crippen MR) is 103 cm³/mol. The predicted octanol–water partition coefficient (Wildman–Crippen LogP) is 2.40. The molecule has 0 radical (unpaired) electrons. The minimum atomic E-state index is -0.686. The molecule has 0 spiro atoms. The molecule has 0 aliphatic carbocycles. The number of aliphatic hydroxyl groups is 2. The van der Waals surface area contributed by atoms with Crippen LogP contribution in [0.15, 0.2) is 54.6 Å².